The molecule has 0 aliphatic carbocycles. The van der Waals surface area contributed by atoms with Crippen LogP contribution < -0.4 is 5.73 Å². The molecule has 0 heterocycles. The molecule has 0 aliphatic heterocycles. The molecule has 1 unspecified atom stereocenters. The summed E-state index contributed by atoms with van der Waals surface area (Å²) in [6.45, 7) is 5.40. The zero-order valence-electron chi connectivity index (χ0n) is 9.04. The van der Waals surface area contributed by atoms with E-state index in [1.165, 1.54) is 6.92 Å². The Morgan fingerprint density at radius 1 is 1.43 bits per heavy atom. The van der Waals surface area contributed by atoms with Crippen molar-refractivity contribution in [2.45, 2.75) is 45.6 Å². The van der Waals surface area contributed by atoms with Crippen LogP contribution in [0, 0.1) is 5.92 Å². The van der Waals surface area contributed by atoms with Gasteiger partial charge in [0.25, 0.3) is 0 Å². The normalized spacial score (nSPS) is 15.2. The van der Waals surface area contributed by atoms with Gasteiger partial charge in [-0.2, -0.15) is 0 Å². The van der Waals surface area contributed by atoms with Crippen LogP contribution in [0.4, 0.5) is 0 Å². The van der Waals surface area contributed by atoms with Gasteiger partial charge in [-0.25, -0.2) is 0 Å². The highest BCUT2D eigenvalue weighted by molar-refractivity contribution is 5.88. The van der Waals surface area contributed by atoms with E-state index in [1.54, 1.807) is 0 Å². The van der Waals surface area contributed by atoms with Gasteiger partial charge in [0, 0.05) is 12.8 Å². The summed E-state index contributed by atoms with van der Waals surface area (Å²) in [5, 5.41) is 8.69. The molecule has 4 nitrogen and oxygen atoms in total. The Morgan fingerprint density at radius 3 is 2.29 bits per heavy atom. The molecule has 4 heteroatoms. The predicted molar refractivity (Wildman–Crippen MR) is 53.9 cm³/mol. The number of rotatable bonds is 6. The molecule has 0 bridgehead atoms. The second-order valence-corrected chi connectivity index (χ2v) is 4.37. The zero-order valence-corrected chi connectivity index (χ0v) is 9.04. The zero-order chi connectivity index (χ0) is 11.4. The van der Waals surface area contributed by atoms with Crippen molar-refractivity contribution in [1.29, 1.82) is 0 Å². The first-order valence-electron chi connectivity index (χ1n) is 4.79. The molecule has 0 aromatic rings. The number of nitrogens with two attached hydrogens (primary N) is 1. The van der Waals surface area contributed by atoms with Crippen LogP contribution in [0.5, 0.6) is 0 Å². The third kappa shape index (κ3) is 4.97. The predicted octanol–water partition coefficient (Wildman–Crippen LogP) is 1.18. The first-order chi connectivity index (χ1) is 6.25. The van der Waals surface area contributed by atoms with E-state index >= 15 is 0 Å². The quantitative estimate of drug-likeness (QED) is 0.676. The lowest BCUT2D eigenvalue weighted by Crippen LogP contribution is -2.46. The highest BCUT2D eigenvalue weighted by Gasteiger charge is 2.30. The van der Waals surface area contributed by atoms with E-state index in [2.05, 4.69) is 0 Å². The smallest absolute Gasteiger partial charge is 0.323 e. The van der Waals surface area contributed by atoms with Crippen molar-refractivity contribution in [3.63, 3.8) is 0 Å². The Hall–Kier alpha value is -0.900. The van der Waals surface area contributed by atoms with E-state index < -0.39 is 11.5 Å². The van der Waals surface area contributed by atoms with E-state index in [0.717, 1.165) is 6.42 Å². The van der Waals surface area contributed by atoms with Crippen LogP contribution in [0.2, 0.25) is 0 Å². The second kappa shape index (κ2) is 5.10. The van der Waals surface area contributed by atoms with E-state index in [0.29, 0.717) is 12.3 Å². The Bertz CT molecular complexity index is 221. The summed E-state index contributed by atoms with van der Waals surface area (Å²) >= 11 is 0. The summed E-state index contributed by atoms with van der Waals surface area (Å²) in [6.07, 6.45) is 1.11. The van der Waals surface area contributed by atoms with Crippen molar-refractivity contribution in [1.82, 2.24) is 0 Å². The summed E-state index contributed by atoms with van der Waals surface area (Å²) in [4.78, 5) is 21.9. The molecule has 3 N–H and O–H groups in total. The number of hydrogen-bond donors (Lipinski definition) is 2. The third-order valence-electron chi connectivity index (χ3n) is 2.05. The minimum atomic E-state index is -1.42. The molecule has 1 atom stereocenters. The monoisotopic (exact) mass is 201 g/mol. The fourth-order valence-corrected chi connectivity index (χ4v) is 1.02. The average Bonchev–Trinajstić information content (AvgIpc) is 1.99. The molecule has 0 amide bonds. The maximum atomic E-state index is 11.3. The van der Waals surface area contributed by atoms with Gasteiger partial charge in [-0.05, 0) is 19.3 Å². The minimum absolute atomic E-state index is 0.0777. The van der Waals surface area contributed by atoms with Crippen LogP contribution >= 0.6 is 0 Å². The van der Waals surface area contributed by atoms with Gasteiger partial charge in [0.1, 0.15) is 11.3 Å². The van der Waals surface area contributed by atoms with Crippen molar-refractivity contribution in [2.24, 2.45) is 11.7 Å². The Balaban J connectivity index is 4.00. The van der Waals surface area contributed by atoms with Gasteiger partial charge in [-0.3, -0.25) is 9.59 Å². The maximum Gasteiger partial charge on any atom is 0.323 e. The van der Waals surface area contributed by atoms with Gasteiger partial charge >= 0.3 is 5.97 Å². The molecular formula is C10H19NO3. The van der Waals surface area contributed by atoms with Crippen molar-refractivity contribution >= 4 is 11.8 Å². The molecule has 0 saturated heterocycles. The highest BCUT2D eigenvalue weighted by Crippen LogP contribution is 2.11. The highest BCUT2D eigenvalue weighted by atomic mass is 16.4. The lowest BCUT2D eigenvalue weighted by molar-refractivity contribution is -0.144. The molecular weight excluding hydrogens is 182 g/mol. The maximum absolute atomic E-state index is 11.3. The molecule has 0 aromatic carbocycles. The van der Waals surface area contributed by atoms with Crippen LogP contribution in [0.3, 0.4) is 0 Å². The van der Waals surface area contributed by atoms with Crippen LogP contribution in [-0.2, 0) is 9.59 Å². The van der Waals surface area contributed by atoms with Crippen molar-refractivity contribution < 1.29 is 14.7 Å². The lowest BCUT2D eigenvalue weighted by Gasteiger charge is -2.18. The molecule has 0 spiro atoms. The van der Waals surface area contributed by atoms with E-state index in [-0.39, 0.29) is 12.2 Å². The first-order valence-corrected chi connectivity index (χ1v) is 4.79. The number of ketones is 1. The van der Waals surface area contributed by atoms with Gasteiger partial charge in [0.15, 0.2) is 0 Å². The lowest BCUT2D eigenvalue weighted by atomic mass is 9.93. The van der Waals surface area contributed by atoms with Gasteiger partial charge < -0.3 is 10.8 Å². The summed E-state index contributed by atoms with van der Waals surface area (Å²) < 4.78 is 0. The van der Waals surface area contributed by atoms with E-state index in [4.69, 9.17) is 10.8 Å². The number of carboxylic acids is 1. The standard InChI is InChI=1S/C10H19NO3/c1-7(2)4-5-8(12)6-10(3,11)9(13)14/h7H,4-6,11H2,1-3H3,(H,13,14). The topological polar surface area (TPSA) is 80.4 Å². The van der Waals surface area contributed by atoms with Gasteiger partial charge in [-0.15, -0.1) is 0 Å². The molecule has 0 fully saturated rings. The number of carbonyl (C=O) groups excluding carboxylic acids is 1. The fraction of sp³-hybridized carbons (Fsp3) is 0.800. The van der Waals surface area contributed by atoms with Crippen LogP contribution in [0.15, 0.2) is 0 Å². The largest absolute Gasteiger partial charge is 0.480 e. The van der Waals surface area contributed by atoms with Crippen molar-refractivity contribution in [2.75, 3.05) is 0 Å². The molecule has 14 heavy (non-hydrogen) atoms. The summed E-state index contributed by atoms with van der Waals surface area (Å²) in [5.74, 6) is -0.755. The number of carboxylic acid groups (broad SMARTS) is 1. The van der Waals surface area contributed by atoms with E-state index in [1.807, 2.05) is 13.8 Å². The average molecular weight is 201 g/mol. The van der Waals surface area contributed by atoms with E-state index in [9.17, 15) is 9.59 Å². The number of Topliss-reactive ketones (excluding diaryl/α,β-unsaturated/α-hetero) is 1. The Morgan fingerprint density at radius 2 is 1.93 bits per heavy atom. The third-order valence-corrected chi connectivity index (χ3v) is 2.05. The number of carbonyl (C=O) groups is 2. The SMILES string of the molecule is CC(C)CCC(=O)CC(C)(N)C(=O)O. The van der Waals surface area contributed by atoms with Crippen molar-refractivity contribution in [3.8, 4) is 0 Å². The summed E-state index contributed by atoms with van der Waals surface area (Å²) in [5.41, 5.74) is 4.02. The molecule has 0 aromatic heterocycles. The van der Waals surface area contributed by atoms with Crippen molar-refractivity contribution in [3.05, 3.63) is 0 Å². The summed E-state index contributed by atoms with van der Waals surface area (Å²) in [7, 11) is 0. The molecule has 0 saturated carbocycles. The van der Waals surface area contributed by atoms with Crippen LogP contribution in [-0.4, -0.2) is 22.4 Å². The molecule has 0 rings (SSSR count). The van der Waals surface area contributed by atoms with Gasteiger partial charge in [0.05, 0.1) is 0 Å². The number of aliphatic carboxylic acids is 1. The molecule has 82 valence electrons. The first kappa shape index (κ1) is 13.1. The Kier molecular flexibility index (Phi) is 4.77. The minimum Gasteiger partial charge on any atom is -0.480 e. The molecule has 0 radical (unpaired) electrons. The second-order valence-electron chi connectivity index (χ2n) is 4.37. The summed E-state index contributed by atoms with van der Waals surface area (Å²) in [6, 6.07) is 0. The number of hydrogen-bond acceptors (Lipinski definition) is 3. The van der Waals surface area contributed by atoms with Gasteiger partial charge in [-0.1, -0.05) is 13.8 Å². The van der Waals surface area contributed by atoms with Gasteiger partial charge in [0.2, 0.25) is 0 Å². The van der Waals surface area contributed by atoms with Crippen LogP contribution in [0.1, 0.15) is 40.0 Å². The fourth-order valence-electron chi connectivity index (χ4n) is 1.02. The van der Waals surface area contributed by atoms with Crippen LogP contribution in [0.25, 0.3) is 0 Å². The molecule has 0 aliphatic rings. The Labute approximate surface area is 84.5 Å².